The van der Waals surface area contributed by atoms with Crippen molar-refractivity contribution in [1.82, 2.24) is 5.32 Å². The van der Waals surface area contributed by atoms with E-state index in [4.69, 9.17) is 42.6 Å². The van der Waals surface area contributed by atoms with Gasteiger partial charge in [0.05, 0.1) is 33.0 Å². The van der Waals surface area contributed by atoms with Crippen molar-refractivity contribution in [2.45, 2.75) is 84.8 Å². The van der Waals surface area contributed by atoms with Gasteiger partial charge in [0.15, 0.2) is 24.6 Å². The van der Waals surface area contributed by atoms with Crippen LogP contribution in [0.25, 0.3) is 0 Å². The lowest BCUT2D eigenvalue weighted by molar-refractivity contribution is -0.309. The van der Waals surface area contributed by atoms with Gasteiger partial charge in [0.1, 0.15) is 18.3 Å². The van der Waals surface area contributed by atoms with Crippen molar-refractivity contribution in [3.8, 4) is 0 Å². The summed E-state index contributed by atoms with van der Waals surface area (Å²) in [5, 5.41) is 2.57. The summed E-state index contributed by atoms with van der Waals surface area (Å²) in [6, 6.07) is 0. The van der Waals surface area contributed by atoms with Crippen LogP contribution in [0.15, 0.2) is 0 Å². The molecule has 230 valence electrons. The Morgan fingerprint density at radius 3 is 1.77 bits per heavy atom. The molecule has 15 nitrogen and oxygen atoms in total. The highest BCUT2D eigenvalue weighted by atomic mass is 16.7. The smallest absolute Gasteiger partial charge is 0.407 e. The number of carbonyl (C=O) groups excluding carboxylic acids is 5. The zero-order valence-corrected chi connectivity index (χ0v) is 24.1. The largest absolute Gasteiger partial charge is 0.463 e. The van der Waals surface area contributed by atoms with E-state index in [0.717, 1.165) is 20.8 Å². The van der Waals surface area contributed by atoms with Gasteiger partial charge in [-0.3, -0.25) is 19.2 Å². The highest BCUT2D eigenvalue weighted by molar-refractivity contribution is 5.69. The quantitative estimate of drug-likeness (QED) is 0.162. The summed E-state index contributed by atoms with van der Waals surface area (Å²) < 4.78 is 48.5. The van der Waals surface area contributed by atoms with Crippen LogP contribution in [0.2, 0.25) is 0 Å². The molecular formula is C25H41NO14. The fraction of sp³-hybridized carbons (Fsp3) is 0.800. The average Bonchev–Trinajstić information content (AvgIpc) is 2.80. The van der Waals surface area contributed by atoms with E-state index in [0.29, 0.717) is 0 Å². The summed E-state index contributed by atoms with van der Waals surface area (Å²) in [7, 11) is 0. The second-order valence-electron chi connectivity index (χ2n) is 9.59. The van der Waals surface area contributed by atoms with Crippen LogP contribution in [0.3, 0.4) is 0 Å². The van der Waals surface area contributed by atoms with E-state index < -0.39 is 66.3 Å². The number of hydrogen-bond donors (Lipinski definition) is 1. The van der Waals surface area contributed by atoms with Crippen molar-refractivity contribution in [2.24, 2.45) is 0 Å². The van der Waals surface area contributed by atoms with Crippen molar-refractivity contribution in [2.75, 3.05) is 46.2 Å². The molecular weight excluding hydrogens is 538 g/mol. The standard InChI is InChI=1S/C25H41NO14/c1-15(27)35-14-19-20(36-16(2)28)21(37-17(3)29)22(38-18(4)30)23(39-19)34-13-12-33-11-10-32-9-8-26-24(31)40-25(5,6)7/h19-23H,8-14H2,1-7H3,(H,26,31)/t19-,20-,21+,22-,23-/m1/s1. The molecule has 40 heavy (non-hydrogen) atoms. The van der Waals surface area contributed by atoms with Crippen LogP contribution in [0.5, 0.6) is 0 Å². The second kappa shape index (κ2) is 17.6. The van der Waals surface area contributed by atoms with Gasteiger partial charge in [-0.05, 0) is 20.8 Å². The van der Waals surface area contributed by atoms with E-state index in [1.165, 1.54) is 6.92 Å². The molecule has 0 saturated carbocycles. The van der Waals surface area contributed by atoms with E-state index in [2.05, 4.69) is 5.32 Å². The summed E-state index contributed by atoms with van der Waals surface area (Å²) in [4.78, 5) is 58.4. The zero-order valence-electron chi connectivity index (χ0n) is 24.1. The molecule has 0 aromatic heterocycles. The van der Waals surface area contributed by atoms with Crippen molar-refractivity contribution < 1.29 is 66.6 Å². The Morgan fingerprint density at radius 2 is 1.23 bits per heavy atom. The lowest BCUT2D eigenvalue weighted by Crippen LogP contribution is -2.63. The minimum absolute atomic E-state index is 0.0338. The third-order valence-electron chi connectivity index (χ3n) is 4.74. The minimum atomic E-state index is -1.31. The number of carbonyl (C=O) groups is 5. The maximum Gasteiger partial charge on any atom is 0.407 e. The molecule has 5 atom stereocenters. The van der Waals surface area contributed by atoms with Crippen LogP contribution in [-0.4, -0.2) is 112 Å². The zero-order chi connectivity index (χ0) is 30.3. The summed E-state index contributed by atoms with van der Waals surface area (Å²) >= 11 is 0. The summed E-state index contributed by atoms with van der Waals surface area (Å²) in [5.41, 5.74) is -0.587. The number of rotatable bonds is 15. The Kier molecular flexibility index (Phi) is 15.4. The normalized spacial score (nSPS) is 22.5. The fourth-order valence-corrected chi connectivity index (χ4v) is 3.41. The van der Waals surface area contributed by atoms with Gasteiger partial charge in [-0.2, -0.15) is 0 Å². The highest BCUT2D eigenvalue weighted by Gasteiger charge is 2.52. The summed E-state index contributed by atoms with van der Waals surface area (Å²) in [5.74, 6) is -2.81. The molecule has 1 rings (SSSR count). The summed E-state index contributed by atoms with van der Waals surface area (Å²) in [6.07, 6.45) is -6.79. The first kappa shape index (κ1) is 35.0. The number of esters is 4. The Hall–Kier alpha value is -3.01. The molecule has 1 aliphatic heterocycles. The van der Waals surface area contributed by atoms with Crippen molar-refractivity contribution in [1.29, 1.82) is 0 Å². The molecule has 0 spiro atoms. The highest BCUT2D eigenvalue weighted by Crippen LogP contribution is 2.30. The van der Waals surface area contributed by atoms with Gasteiger partial charge in [0, 0.05) is 34.2 Å². The SMILES string of the molecule is CC(=O)OC[C@H]1O[C@@H](OCCOCCOCCNC(=O)OC(C)(C)C)[C@H](OC(C)=O)[C@@H](OC(C)=O)[C@@H]1OC(C)=O. The number of hydrogen-bond acceptors (Lipinski definition) is 14. The van der Waals surface area contributed by atoms with E-state index in [1.807, 2.05) is 0 Å². The predicted molar refractivity (Wildman–Crippen MR) is 134 cm³/mol. The Bertz CT molecular complexity index is 842. The van der Waals surface area contributed by atoms with E-state index >= 15 is 0 Å². The van der Waals surface area contributed by atoms with Crippen LogP contribution in [0.4, 0.5) is 4.79 Å². The predicted octanol–water partition coefficient (Wildman–Crippen LogP) is 0.644. The molecule has 1 aliphatic rings. The van der Waals surface area contributed by atoms with Crippen LogP contribution < -0.4 is 5.32 Å². The Balaban J connectivity index is 2.64. The molecule has 1 N–H and O–H groups in total. The molecule has 1 heterocycles. The van der Waals surface area contributed by atoms with Gasteiger partial charge in [0.25, 0.3) is 0 Å². The van der Waals surface area contributed by atoms with E-state index in [1.54, 1.807) is 20.8 Å². The van der Waals surface area contributed by atoms with Crippen LogP contribution in [0, 0.1) is 0 Å². The topological polar surface area (TPSA) is 180 Å². The Labute approximate surface area is 233 Å². The molecule has 1 amide bonds. The van der Waals surface area contributed by atoms with Gasteiger partial charge in [0.2, 0.25) is 0 Å². The molecule has 0 aromatic rings. The molecule has 1 fully saturated rings. The number of ether oxygens (including phenoxy) is 9. The number of nitrogens with one attached hydrogen (secondary N) is 1. The van der Waals surface area contributed by atoms with Gasteiger partial charge >= 0.3 is 30.0 Å². The van der Waals surface area contributed by atoms with Gasteiger partial charge < -0.3 is 47.9 Å². The molecule has 15 heteroatoms. The van der Waals surface area contributed by atoms with E-state index in [9.17, 15) is 24.0 Å². The molecule has 1 saturated heterocycles. The van der Waals surface area contributed by atoms with E-state index in [-0.39, 0.29) is 46.2 Å². The lowest BCUT2D eigenvalue weighted by Gasteiger charge is -2.44. The number of alkyl carbamates (subject to hydrolysis) is 1. The van der Waals surface area contributed by atoms with Gasteiger partial charge in [-0.25, -0.2) is 4.79 Å². The van der Waals surface area contributed by atoms with Crippen molar-refractivity contribution in [3.63, 3.8) is 0 Å². The van der Waals surface area contributed by atoms with Crippen LogP contribution in [-0.2, 0) is 61.8 Å². The van der Waals surface area contributed by atoms with Crippen molar-refractivity contribution in [3.05, 3.63) is 0 Å². The molecule has 0 aromatic carbocycles. The molecule has 0 unspecified atom stereocenters. The maximum absolute atomic E-state index is 11.8. The first-order valence-corrected chi connectivity index (χ1v) is 12.7. The molecule has 0 radical (unpaired) electrons. The first-order chi connectivity index (χ1) is 18.7. The summed E-state index contributed by atoms with van der Waals surface area (Å²) in [6.45, 7) is 10.6. The minimum Gasteiger partial charge on any atom is -0.463 e. The third-order valence-corrected chi connectivity index (χ3v) is 4.74. The monoisotopic (exact) mass is 579 g/mol. The first-order valence-electron chi connectivity index (χ1n) is 12.7. The Morgan fingerprint density at radius 1 is 0.700 bits per heavy atom. The molecule has 0 aliphatic carbocycles. The average molecular weight is 580 g/mol. The second-order valence-corrected chi connectivity index (χ2v) is 9.59. The number of amides is 1. The van der Waals surface area contributed by atoms with Crippen molar-refractivity contribution >= 4 is 30.0 Å². The van der Waals surface area contributed by atoms with Gasteiger partial charge in [-0.15, -0.1) is 0 Å². The van der Waals surface area contributed by atoms with Gasteiger partial charge in [-0.1, -0.05) is 0 Å². The lowest BCUT2D eigenvalue weighted by atomic mass is 9.98. The fourth-order valence-electron chi connectivity index (χ4n) is 3.41. The van der Waals surface area contributed by atoms with Crippen LogP contribution >= 0.6 is 0 Å². The van der Waals surface area contributed by atoms with Crippen LogP contribution in [0.1, 0.15) is 48.5 Å². The third kappa shape index (κ3) is 15.0. The molecule has 0 bridgehead atoms. The maximum atomic E-state index is 11.8.